The molecular weight excluding hydrogens is 407 g/mol. The topological polar surface area (TPSA) is 43.4 Å². The zero-order valence-electron chi connectivity index (χ0n) is 14.5. The number of halogens is 3. The highest BCUT2D eigenvalue weighted by Crippen LogP contribution is 2.42. The number of allylic oxidation sites excluding steroid dienone is 2. The molecule has 0 heterocycles. The van der Waals surface area contributed by atoms with Crippen molar-refractivity contribution in [3.8, 4) is 0 Å². The first-order chi connectivity index (χ1) is 12.9. The lowest BCUT2D eigenvalue weighted by Gasteiger charge is -2.30. The smallest absolute Gasteiger partial charge is 0.317 e. The van der Waals surface area contributed by atoms with Crippen LogP contribution in [0, 0.1) is 5.92 Å². The van der Waals surface area contributed by atoms with E-state index < -0.39 is 11.9 Å². The molecule has 0 amide bonds. The molecule has 0 radical (unpaired) electrons. The summed E-state index contributed by atoms with van der Waals surface area (Å²) in [5.74, 6) is -2.11. The molecule has 0 spiro atoms. The number of esters is 1. The van der Waals surface area contributed by atoms with E-state index in [4.69, 9.17) is 39.5 Å². The Balaban J connectivity index is 2.06. The number of hydrogen-bond donors (Lipinski definition) is 0. The third-order valence-corrected chi connectivity index (χ3v) is 5.34. The molecule has 0 aromatic heterocycles. The fourth-order valence-electron chi connectivity index (χ4n) is 3.37. The molecule has 140 valence electrons. The molecule has 2 aromatic carbocycles. The summed E-state index contributed by atoms with van der Waals surface area (Å²) in [5.41, 5.74) is 2.29. The number of carbonyl (C=O) groups excluding carboxylic acids is 2. The van der Waals surface area contributed by atoms with Gasteiger partial charge in [0.1, 0.15) is 5.92 Å². The van der Waals surface area contributed by atoms with Crippen LogP contribution < -0.4 is 0 Å². The maximum absolute atomic E-state index is 12.9. The predicted octanol–water partition coefficient (Wildman–Crippen LogP) is 5.97. The van der Waals surface area contributed by atoms with Crippen molar-refractivity contribution in [1.82, 2.24) is 0 Å². The minimum Gasteiger partial charge on any atom is -0.465 e. The molecule has 3 rings (SSSR count). The number of carbonyl (C=O) groups is 2. The summed E-state index contributed by atoms with van der Waals surface area (Å²) >= 11 is 18.4. The van der Waals surface area contributed by atoms with Gasteiger partial charge in [-0.15, -0.1) is 0 Å². The van der Waals surface area contributed by atoms with Gasteiger partial charge in [-0.05, 0) is 60.4 Å². The van der Waals surface area contributed by atoms with E-state index in [1.807, 2.05) is 6.07 Å². The van der Waals surface area contributed by atoms with Gasteiger partial charge >= 0.3 is 5.97 Å². The molecule has 0 fully saturated rings. The number of ether oxygens (including phenoxy) is 1. The van der Waals surface area contributed by atoms with E-state index in [1.165, 1.54) is 6.08 Å². The summed E-state index contributed by atoms with van der Waals surface area (Å²) in [6, 6.07) is 12.3. The van der Waals surface area contributed by atoms with Crippen molar-refractivity contribution in [2.75, 3.05) is 6.61 Å². The Bertz CT molecular complexity index is 921. The van der Waals surface area contributed by atoms with Gasteiger partial charge in [-0.1, -0.05) is 53.0 Å². The lowest BCUT2D eigenvalue weighted by atomic mass is 9.73. The van der Waals surface area contributed by atoms with Gasteiger partial charge in [0.05, 0.1) is 6.61 Å². The number of hydrogen-bond acceptors (Lipinski definition) is 3. The van der Waals surface area contributed by atoms with Crippen molar-refractivity contribution in [3.63, 3.8) is 0 Å². The molecule has 0 aliphatic heterocycles. The van der Waals surface area contributed by atoms with E-state index in [2.05, 4.69) is 0 Å². The summed E-state index contributed by atoms with van der Waals surface area (Å²) in [7, 11) is 0. The molecule has 0 N–H and O–H groups in total. The summed E-state index contributed by atoms with van der Waals surface area (Å²) in [6.07, 6.45) is 1.94. The van der Waals surface area contributed by atoms with Crippen LogP contribution in [0.3, 0.4) is 0 Å². The minimum atomic E-state index is -0.904. The summed E-state index contributed by atoms with van der Waals surface area (Å²) in [5, 5.41) is 1.52. The summed E-state index contributed by atoms with van der Waals surface area (Å²) in [4.78, 5) is 25.3. The Morgan fingerprint density at radius 3 is 2.52 bits per heavy atom. The number of ketones is 1. The quantitative estimate of drug-likeness (QED) is 0.450. The molecule has 6 heteroatoms. The van der Waals surface area contributed by atoms with Crippen molar-refractivity contribution in [3.05, 3.63) is 74.7 Å². The lowest BCUT2D eigenvalue weighted by molar-refractivity contribution is -0.151. The first-order valence-corrected chi connectivity index (χ1v) is 9.66. The highest BCUT2D eigenvalue weighted by Gasteiger charge is 2.40. The van der Waals surface area contributed by atoms with Crippen molar-refractivity contribution < 1.29 is 14.3 Å². The fraction of sp³-hybridized carbons (Fsp3) is 0.238. The second kappa shape index (κ2) is 8.47. The normalized spacial score (nSPS) is 19.6. The molecule has 3 nitrogen and oxygen atoms in total. The fourth-order valence-corrected chi connectivity index (χ4v) is 4.10. The Kier molecular flexibility index (Phi) is 6.25. The molecular formula is C21H17Cl3O3. The van der Waals surface area contributed by atoms with Gasteiger partial charge in [-0.2, -0.15) is 0 Å². The van der Waals surface area contributed by atoms with Gasteiger partial charge in [0.25, 0.3) is 0 Å². The lowest BCUT2D eigenvalue weighted by Crippen LogP contribution is -2.34. The first-order valence-electron chi connectivity index (χ1n) is 8.52. The van der Waals surface area contributed by atoms with Crippen LogP contribution in [0.2, 0.25) is 15.1 Å². The van der Waals surface area contributed by atoms with Crippen LogP contribution in [-0.2, 0) is 14.3 Å². The van der Waals surface area contributed by atoms with E-state index in [1.54, 1.807) is 43.3 Å². The van der Waals surface area contributed by atoms with Crippen LogP contribution in [0.5, 0.6) is 0 Å². The van der Waals surface area contributed by atoms with Crippen LogP contribution in [0.1, 0.15) is 30.4 Å². The monoisotopic (exact) mass is 422 g/mol. The molecule has 0 saturated carbocycles. The van der Waals surface area contributed by atoms with Crippen molar-refractivity contribution in [2.24, 2.45) is 5.92 Å². The van der Waals surface area contributed by atoms with Crippen molar-refractivity contribution >= 4 is 52.1 Å². The maximum atomic E-state index is 12.9. The second-order valence-electron chi connectivity index (χ2n) is 6.29. The standard InChI is InChI=1S/C21H17Cl3O3/c1-2-27-21(26)20-17(12-4-3-5-14(22)8-12)9-13(10-19(20)25)16-7-6-15(23)11-18(16)24/h3-8,10-11,17,20H,2,9H2,1H3. The Labute approximate surface area is 172 Å². The molecule has 1 aliphatic carbocycles. The van der Waals surface area contributed by atoms with Crippen LogP contribution >= 0.6 is 34.8 Å². The van der Waals surface area contributed by atoms with Gasteiger partial charge in [0, 0.05) is 21.0 Å². The van der Waals surface area contributed by atoms with E-state index in [0.717, 1.165) is 16.7 Å². The van der Waals surface area contributed by atoms with E-state index >= 15 is 0 Å². The van der Waals surface area contributed by atoms with Crippen molar-refractivity contribution in [1.29, 1.82) is 0 Å². The third kappa shape index (κ3) is 4.37. The Morgan fingerprint density at radius 2 is 1.85 bits per heavy atom. The molecule has 27 heavy (non-hydrogen) atoms. The van der Waals surface area contributed by atoms with Gasteiger partial charge in [-0.3, -0.25) is 9.59 Å². The largest absolute Gasteiger partial charge is 0.465 e. The predicted molar refractivity (Wildman–Crippen MR) is 108 cm³/mol. The van der Waals surface area contributed by atoms with Crippen LogP contribution in [0.4, 0.5) is 0 Å². The van der Waals surface area contributed by atoms with Gasteiger partial charge < -0.3 is 4.74 Å². The molecule has 1 aliphatic rings. The van der Waals surface area contributed by atoms with E-state index in [9.17, 15) is 9.59 Å². The van der Waals surface area contributed by atoms with Crippen LogP contribution in [0.15, 0.2) is 48.5 Å². The molecule has 2 aromatic rings. The zero-order chi connectivity index (χ0) is 19.6. The SMILES string of the molecule is CCOC(=O)C1C(=O)C=C(c2ccc(Cl)cc2Cl)CC1c1cccc(Cl)c1. The van der Waals surface area contributed by atoms with E-state index in [0.29, 0.717) is 21.5 Å². The van der Waals surface area contributed by atoms with Gasteiger partial charge in [0.15, 0.2) is 5.78 Å². The minimum absolute atomic E-state index is 0.213. The second-order valence-corrected chi connectivity index (χ2v) is 7.57. The molecule has 0 bridgehead atoms. The molecule has 2 atom stereocenters. The van der Waals surface area contributed by atoms with Gasteiger partial charge in [0.2, 0.25) is 0 Å². The maximum Gasteiger partial charge on any atom is 0.317 e. The Hall–Kier alpha value is -1.81. The number of benzene rings is 2. The van der Waals surface area contributed by atoms with Crippen molar-refractivity contribution in [2.45, 2.75) is 19.3 Å². The Morgan fingerprint density at radius 1 is 1.11 bits per heavy atom. The third-order valence-electron chi connectivity index (χ3n) is 4.56. The first kappa shape index (κ1) is 19.9. The zero-order valence-corrected chi connectivity index (χ0v) is 16.8. The highest BCUT2D eigenvalue weighted by molar-refractivity contribution is 6.36. The van der Waals surface area contributed by atoms with E-state index in [-0.39, 0.29) is 18.3 Å². The highest BCUT2D eigenvalue weighted by atomic mass is 35.5. The average Bonchev–Trinajstić information content (AvgIpc) is 2.61. The summed E-state index contributed by atoms with van der Waals surface area (Å²) < 4.78 is 5.15. The van der Waals surface area contributed by atoms with Gasteiger partial charge in [-0.25, -0.2) is 0 Å². The number of rotatable bonds is 4. The summed E-state index contributed by atoms with van der Waals surface area (Å²) in [6.45, 7) is 1.93. The average molecular weight is 424 g/mol. The molecule has 0 saturated heterocycles. The van der Waals surface area contributed by atoms with Crippen LogP contribution in [-0.4, -0.2) is 18.4 Å². The molecule has 2 unspecified atom stereocenters. The van der Waals surface area contributed by atoms with Crippen LogP contribution in [0.25, 0.3) is 5.57 Å².